The van der Waals surface area contributed by atoms with Crippen LogP contribution in [0.4, 0.5) is 5.69 Å². The number of anilines is 1. The molecule has 0 atom stereocenters. The van der Waals surface area contributed by atoms with E-state index in [9.17, 15) is 4.79 Å². The lowest BCUT2D eigenvalue weighted by atomic mass is 10.1. The van der Waals surface area contributed by atoms with E-state index < -0.39 is 0 Å². The van der Waals surface area contributed by atoms with Gasteiger partial charge in [-0.1, -0.05) is 30.4 Å². The second kappa shape index (κ2) is 6.98. The molecule has 0 spiro atoms. The Hall–Kier alpha value is -2.22. The minimum Gasteiger partial charge on any atom is -0.469 e. The van der Waals surface area contributed by atoms with Gasteiger partial charge in [0.15, 0.2) is 0 Å². The van der Waals surface area contributed by atoms with Crippen molar-refractivity contribution in [2.24, 2.45) is 5.73 Å². The number of benzene rings is 1. The summed E-state index contributed by atoms with van der Waals surface area (Å²) in [4.78, 5) is 12.3. The molecule has 0 saturated heterocycles. The fourth-order valence-corrected chi connectivity index (χ4v) is 2.05. The molecule has 4 nitrogen and oxygen atoms in total. The smallest absolute Gasteiger partial charge is 0.259 e. The zero-order chi connectivity index (χ0) is 15.2. The normalized spacial score (nSPS) is 9.86. The molecule has 1 aromatic heterocycles. The van der Waals surface area contributed by atoms with Gasteiger partial charge in [0.05, 0.1) is 24.1 Å². The first-order valence-electron chi connectivity index (χ1n) is 6.52. The number of rotatable bonds is 3. The van der Waals surface area contributed by atoms with Gasteiger partial charge in [-0.2, -0.15) is 0 Å². The maximum atomic E-state index is 12.3. The van der Waals surface area contributed by atoms with Gasteiger partial charge in [-0.15, -0.1) is 0 Å². The summed E-state index contributed by atoms with van der Waals surface area (Å²) in [6, 6.07) is 6.76. The van der Waals surface area contributed by atoms with E-state index in [2.05, 4.69) is 17.2 Å². The Kier molecular flexibility index (Phi) is 5.04. The summed E-state index contributed by atoms with van der Waals surface area (Å²) in [5, 5.41) is 3.33. The Morgan fingerprint density at radius 2 is 2.24 bits per heavy atom. The highest BCUT2D eigenvalue weighted by atomic mass is 35.5. The largest absolute Gasteiger partial charge is 0.469 e. The quantitative estimate of drug-likeness (QED) is 0.856. The van der Waals surface area contributed by atoms with Crippen molar-refractivity contribution in [3.05, 3.63) is 52.4 Å². The first-order chi connectivity index (χ1) is 10.2. The van der Waals surface area contributed by atoms with Gasteiger partial charge in [0.2, 0.25) is 0 Å². The van der Waals surface area contributed by atoms with E-state index in [1.807, 2.05) is 6.92 Å². The van der Waals surface area contributed by atoms with Gasteiger partial charge in [-0.3, -0.25) is 4.79 Å². The fourth-order valence-electron chi connectivity index (χ4n) is 1.88. The molecule has 5 heteroatoms. The number of aryl methyl sites for hydroxylation is 1. The van der Waals surface area contributed by atoms with Crippen molar-refractivity contribution < 1.29 is 9.21 Å². The first-order valence-corrected chi connectivity index (χ1v) is 6.89. The molecule has 0 saturated carbocycles. The fraction of sp³-hybridized carbons (Fsp3) is 0.188. The Balaban J connectivity index is 2.30. The van der Waals surface area contributed by atoms with Crippen molar-refractivity contribution in [2.45, 2.75) is 13.3 Å². The van der Waals surface area contributed by atoms with E-state index in [4.69, 9.17) is 21.8 Å². The van der Waals surface area contributed by atoms with Crippen LogP contribution in [0.15, 0.2) is 34.9 Å². The van der Waals surface area contributed by atoms with Crippen molar-refractivity contribution >= 4 is 23.2 Å². The highest BCUT2D eigenvalue weighted by Crippen LogP contribution is 2.22. The Labute approximate surface area is 128 Å². The highest BCUT2D eigenvalue weighted by molar-refractivity contribution is 6.31. The van der Waals surface area contributed by atoms with E-state index in [-0.39, 0.29) is 12.5 Å². The average Bonchev–Trinajstić information content (AvgIpc) is 2.95. The van der Waals surface area contributed by atoms with Crippen molar-refractivity contribution in [2.75, 3.05) is 11.9 Å². The molecule has 21 heavy (non-hydrogen) atoms. The topological polar surface area (TPSA) is 68.3 Å². The van der Waals surface area contributed by atoms with E-state index >= 15 is 0 Å². The minimum atomic E-state index is -0.251. The van der Waals surface area contributed by atoms with Crippen LogP contribution < -0.4 is 11.1 Å². The summed E-state index contributed by atoms with van der Waals surface area (Å²) in [6.07, 6.45) is 2.14. The van der Waals surface area contributed by atoms with E-state index in [0.717, 1.165) is 0 Å². The summed E-state index contributed by atoms with van der Waals surface area (Å²) < 4.78 is 5.26. The number of nitrogens with one attached hydrogen (secondary N) is 1. The van der Waals surface area contributed by atoms with Crippen LogP contribution in [-0.2, 0) is 6.42 Å². The van der Waals surface area contributed by atoms with Crippen molar-refractivity contribution in [3.8, 4) is 11.8 Å². The zero-order valence-corrected chi connectivity index (χ0v) is 12.3. The van der Waals surface area contributed by atoms with Crippen molar-refractivity contribution in [1.29, 1.82) is 0 Å². The predicted octanol–water partition coefficient (Wildman–Crippen LogP) is 3.06. The minimum absolute atomic E-state index is 0.248. The molecule has 1 amide bonds. The molecule has 0 aliphatic carbocycles. The second-order valence-corrected chi connectivity index (χ2v) is 4.70. The molecule has 0 unspecified atom stereocenters. The molecule has 3 N–H and O–H groups in total. The van der Waals surface area contributed by atoms with Gasteiger partial charge in [-0.25, -0.2) is 0 Å². The number of hydrogen-bond acceptors (Lipinski definition) is 3. The Bertz CT molecular complexity index is 711. The molecule has 1 aromatic carbocycles. The van der Waals surface area contributed by atoms with Crippen LogP contribution in [0.3, 0.4) is 0 Å². The lowest BCUT2D eigenvalue weighted by molar-refractivity contribution is 0.102. The number of furan rings is 1. The zero-order valence-electron chi connectivity index (χ0n) is 11.6. The number of halogens is 1. The van der Waals surface area contributed by atoms with Crippen LogP contribution in [0.25, 0.3) is 0 Å². The third-order valence-electron chi connectivity index (χ3n) is 2.87. The van der Waals surface area contributed by atoms with Crippen molar-refractivity contribution in [1.82, 2.24) is 0 Å². The number of carbonyl (C=O) groups excluding carboxylic acids is 1. The third-order valence-corrected chi connectivity index (χ3v) is 3.10. The molecule has 0 aliphatic heterocycles. The SMILES string of the molecule is CCc1occc1C(=O)Nc1cc(Cl)ccc1C#CCN. The molecule has 108 valence electrons. The van der Waals surface area contributed by atoms with Gasteiger partial charge in [-0.05, 0) is 24.3 Å². The lowest BCUT2D eigenvalue weighted by Gasteiger charge is -2.08. The van der Waals surface area contributed by atoms with E-state index in [1.54, 1.807) is 24.3 Å². The van der Waals surface area contributed by atoms with Gasteiger partial charge < -0.3 is 15.5 Å². The van der Waals surface area contributed by atoms with Crippen molar-refractivity contribution in [3.63, 3.8) is 0 Å². The molecule has 0 radical (unpaired) electrons. The molecule has 2 aromatic rings. The summed E-state index contributed by atoms with van der Waals surface area (Å²) in [5.41, 5.74) is 7.10. The van der Waals surface area contributed by atoms with Crippen LogP contribution in [0, 0.1) is 11.8 Å². The summed E-state index contributed by atoms with van der Waals surface area (Å²) >= 11 is 5.98. The maximum Gasteiger partial charge on any atom is 0.259 e. The number of amides is 1. The van der Waals surface area contributed by atoms with Gasteiger partial charge in [0.1, 0.15) is 5.76 Å². The number of carbonyl (C=O) groups is 1. The Morgan fingerprint density at radius 3 is 2.95 bits per heavy atom. The van der Waals surface area contributed by atoms with Gasteiger partial charge >= 0.3 is 0 Å². The van der Waals surface area contributed by atoms with Gasteiger partial charge in [0, 0.05) is 17.0 Å². The number of hydrogen-bond donors (Lipinski definition) is 2. The lowest BCUT2D eigenvalue weighted by Crippen LogP contribution is -2.13. The summed E-state index contributed by atoms with van der Waals surface area (Å²) in [5.74, 6) is 6.06. The summed E-state index contributed by atoms with van der Waals surface area (Å²) in [7, 11) is 0. The molecular weight excluding hydrogens is 288 g/mol. The average molecular weight is 303 g/mol. The monoisotopic (exact) mass is 302 g/mol. The first kappa shape index (κ1) is 15.2. The van der Waals surface area contributed by atoms with Crippen LogP contribution in [0.5, 0.6) is 0 Å². The Morgan fingerprint density at radius 1 is 1.43 bits per heavy atom. The molecule has 2 rings (SSSR count). The molecule has 0 aliphatic rings. The predicted molar refractivity (Wildman–Crippen MR) is 83.4 cm³/mol. The summed E-state index contributed by atoms with van der Waals surface area (Å²) in [6.45, 7) is 2.17. The maximum absolute atomic E-state index is 12.3. The van der Waals surface area contributed by atoms with E-state index in [1.165, 1.54) is 6.26 Å². The third kappa shape index (κ3) is 3.66. The standard InChI is InChI=1S/C16H15ClN2O2/c1-2-15-13(7-9-21-15)16(20)19-14-10-12(17)6-5-11(14)4-3-8-18/h5-7,9-10H,2,8,18H2,1H3,(H,19,20). The van der Waals surface area contributed by atoms with Gasteiger partial charge in [0.25, 0.3) is 5.91 Å². The molecule has 0 fully saturated rings. The number of nitrogens with two attached hydrogens (primary N) is 1. The van der Waals surface area contributed by atoms with Crippen LogP contribution in [-0.4, -0.2) is 12.5 Å². The van der Waals surface area contributed by atoms with E-state index in [0.29, 0.717) is 34.0 Å². The van der Waals surface area contributed by atoms with Crippen LogP contribution in [0.1, 0.15) is 28.6 Å². The molecular formula is C16H15ClN2O2. The highest BCUT2D eigenvalue weighted by Gasteiger charge is 2.14. The second-order valence-electron chi connectivity index (χ2n) is 4.26. The van der Waals surface area contributed by atoms with Crippen LogP contribution >= 0.6 is 11.6 Å². The van der Waals surface area contributed by atoms with Crippen LogP contribution in [0.2, 0.25) is 5.02 Å². The molecule has 1 heterocycles. The molecule has 0 bridgehead atoms.